The molecule has 0 bridgehead atoms. The third kappa shape index (κ3) is 4.00. The number of carbonyl (C=O) groups excluding carboxylic acids is 1. The van der Waals surface area contributed by atoms with Crippen LogP contribution in [0.15, 0.2) is 24.3 Å². The Labute approximate surface area is 123 Å². The summed E-state index contributed by atoms with van der Waals surface area (Å²) >= 11 is 1.91. The molecule has 2 N–H and O–H groups in total. The molecule has 108 valence electrons. The van der Waals surface area contributed by atoms with E-state index < -0.39 is 5.97 Å². The van der Waals surface area contributed by atoms with Crippen molar-refractivity contribution in [2.45, 2.75) is 30.9 Å². The lowest BCUT2D eigenvalue weighted by atomic mass is 10.1. The van der Waals surface area contributed by atoms with Crippen molar-refractivity contribution < 1.29 is 14.7 Å². The minimum atomic E-state index is -0.970. The number of carboxylic acids is 1. The molecule has 1 heterocycles. The quantitative estimate of drug-likeness (QED) is 0.874. The van der Waals surface area contributed by atoms with Crippen LogP contribution in [0.4, 0.5) is 0 Å². The van der Waals surface area contributed by atoms with Crippen LogP contribution in [0.3, 0.4) is 0 Å². The molecule has 1 aliphatic rings. The summed E-state index contributed by atoms with van der Waals surface area (Å²) in [5.41, 5.74) is 0.945. The van der Waals surface area contributed by atoms with Gasteiger partial charge in [0.1, 0.15) is 0 Å². The van der Waals surface area contributed by atoms with E-state index in [2.05, 4.69) is 12.2 Å². The fourth-order valence-electron chi connectivity index (χ4n) is 2.32. The minimum absolute atomic E-state index is 0.0544. The maximum Gasteiger partial charge on any atom is 0.335 e. The summed E-state index contributed by atoms with van der Waals surface area (Å²) in [6, 6.07) is 6.52. The zero-order valence-corrected chi connectivity index (χ0v) is 12.3. The van der Waals surface area contributed by atoms with Gasteiger partial charge in [0.2, 0.25) is 5.91 Å². The van der Waals surface area contributed by atoms with Gasteiger partial charge in [0.05, 0.1) is 12.0 Å². The van der Waals surface area contributed by atoms with E-state index in [-0.39, 0.29) is 22.6 Å². The first kappa shape index (κ1) is 14.9. The molecule has 5 heteroatoms. The van der Waals surface area contributed by atoms with E-state index in [9.17, 15) is 9.59 Å². The van der Waals surface area contributed by atoms with Gasteiger partial charge in [-0.2, -0.15) is 11.8 Å². The molecular formula is C15H19NO3S. The smallest absolute Gasteiger partial charge is 0.335 e. The number of carboxylic acid groups (broad SMARTS) is 1. The van der Waals surface area contributed by atoms with Crippen molar-refractivity contribution in [1.82, 2.24) is 5.32 Å². The molecule has 0 aliphatic carbocycles. The molecule has 1 amide bonds. The number of benzene rings is 1. The third-order valence-corrected chi connectivity index (χ3v) is 5.04. The van der Waals surface area contributed by atoms with Gasteiger partial charge in [-0.15, -0.1) is 0 Å². The molecule has 4 nitrogen and oxygen atoms in total. The van der Waals surface area contributed by atoms with Crippen LogP contribution in [0, 0.1) is 0 Å². The van der Waals surface area contributed by atoms with E-state index in [4.69, 9.17) is 5.11 Å². The fourth-order valence-corrected chi connectivity index (χ4v) is 3.57. The Morgan fingerprint density at radius 2 is 2.25 bits per heavy atom. The lowest BCUT2D eigenvalue weighted by Gasteiger charge is -2.22. The summed E-state index contributed by atoms with van der Waals surface area (Å²) in [5.74, 6) is 0.135. The van der Waals surface area contributed by atoms with Crippen LogP contribution in [-0.2, 0) is 11.2 Å². The van der Waals surface area contributed by atoms with Crippen LogP contribution in [0.2, 0.25) is 0 Å². The molecule has 20 heavy (non-hydrogen) atoms. The summed E-state index contributed by atoms with van der Waals surface area (Å²) in [7, 11) is 0. The zero-order chi connectivity index (χ0) is 14.6. The Bertz CT molecular complexity index is 510. The summed E-state index contributed by atoms with van der Waals surface area (Å²) in [6.45, 7) is 2.85. The molecular weight excluding hydrogens is 274 g/mol. The second-order valence-electron chi connectivity index (χ2n) is 5.36. The average Bonchev–Trinajstić information content (AvgIpc) is 2.84. The van der Waals surface area contributed by atoms with Crippen molar-refractivity contribution in [2.75, 3.05) is 12.3 Å². The first-order valence-electron chi connectivity index (χ1n) is 6.71. The zero-order valence-electron chi connectivity index (χ0n) is 11.5. The van der Waals surface area contributed by atoms with E-state index in [0.29, 0.717) is 6.54 Å². The Balaban J connectivity index is 1.88. The van der Waals surface area contributed by atoms with Gasteiger partial charge in [-0.3, -0.25) is 4.79 Å². The number of amides is 1. The van der Waals surface area contributed by atoms with Gasteiger partial charge in [-0.05, 0) is 43.2 Å². The highest BCUT2D eigenvalue weighted by Gasteiger charge is 2.29. The molecule has 1 unspecified atom stereocenters. The number of hydrogen-bond acceptors (Lipinski definition) is 3. The summed E-state index contributed by atoms with van der Waals surface area (Å²) < 4.78 is 0.151. The average molecular weight is 293 g/mol. The normalized spacial score (nSPS) is 21.6. The molecule has 2 rings (SSSR count). The van der Waals surface area contributed by atoms with E-state index in [0.717, 1.165) is 17.7 Å². The van der Waals surface area contributed by atoms with Crippen molar-refractivity contribution in [3.05, 3.63) is 35.4 Å². The Morgan fingerprint density at radius 3 is 2.90 bits per heavy atom. The van der Waals surface area contributed by atoms with Crippen LogP contribution >= 0.6 is 11.8 Å². The SMILES string of the molecule is CC1(CNC(=O)Cc2cccc(C(=O)O)c2)CCCS1. The summed E-state index contributed by atoms with van der Waals surface area (Å²) in [5, 5.41) is 11.9. The number of hydrogen-bond donors (Lipinski definition) is 2. The number of rotatable bonds is 5. The third-order valence-electron chi connectivity index (χ3n) is 3.50. The lowest BCUT2D eigenvalue weighted by Crippen LogP contribution is -2.37. The van der Waals surface area contributed by atoms with Crippen LogP contribution in [-0.4, -0.2) is 34.0 Å². The summed E-state index contributed by atoms with van der Waals surface area (Å²) in [6.07, 6.45) is 2.56. The van der Waals surface area contributed by atoms with Crippen molar-refractivity contribution >= 4 is 23.6 Å². The molecule has 1 atom stereocenters. The molecule has 1 saturated heterocycles. The first-order chi connectivity index (χ1) is 9.48. The molecule has 0 spiro atoms. The van der Waals surface area contributed by atoms with Gasteiger partial charge in [0.25, 0.3) is 0 Å². The monoisotopic (exact) mass is 293 g/mol. The Kier molecular flexibility index (Phi) is 4.70. The summed E-state index contributed by atoms with van der Waals surface area (Å²) in [4.78, 5) is 22.8. The molecule has 0 saturated carbocycles. The van der Waals surface area contributed by atoms with Crippen molar-refractivity contribution in [3.8, 4) is 0 Å². The van der Waals surface area contributed by atoms with Crippen molar-refractivity contribution in [3.63, 3.8) is 0 Å². The number of aromatic carboxylic acids is 1. The van der Waals surface area contributed by atoms with Gasteiger partial charge in [0.15, 0.2) is 0 Å². The van der Waals surface area contributed by atoms with Gasteiger partial charge < -0.3 is 10.4 Å². The number of carbonyl (C=O) groups is 2. The second kappa shape index (κ2) is 6.31. The molecule has 1 aliphatic heterocycles. The number of nitrogens with one attached hydrogen (secondary N) is 1. The van der Waals surface area contributed by atoms with E-state index in [1.165, 1.54) is 12.5 Å². The van der Waals surface area contributed by atoms with Gasteiger partial charge >= 0.3 is 5.97 Å². The Morgan fingerprint density at radius 1 is 1.45 bits per heavy atom. The van der Waals surface area contributed by atoms with Gasteiger partial charge in [-0.25, -0.2) is 4.79 Å². The van der Waals surface area contributed by atoms with Gasteiger partial charge in [0, 0.05) is 11.3 Å². The van der Waals surface area contributed by atoms with Crippen molar-refractivity contribution in [1.29, 1.82) is 0 Å². The van der Waals surface area contributed by atoms with Crippen LogP contribution in [0.25, 0.3) is 0 Å². The predicted molar refractivity (Wildman–Crippen MR) is 80.2 cm³/mol. The molecule has 0 aromatic heterocycles. The Hall–Kier alpha value is -1.49. The van der Waals surface area contributed by atoms with Crippen LogP contribution < -0.4 is 5.32 Å². The minimum Gasteiger partial charge on any atom is -0.478 e. The highest BCUT2D eigenvalue weighted by Crippen LogP contribution is 2.36. The van der Waals surface area contributed by atoms with Crippen LogP contribution in [0.1, 0.15) is 35.7 Å². The molecule has 0 radical (unpaired) electrons. The highest BCUT2D eigenvalue weighted by atomic mass is 32.2. The van der Waals surface area contributed by atoms with Gasteiger partial charge in [-0.1, -0.05) is 12.1 Å². The maximum absolute atomic E-state index is 11.9. The lowest BCUT2D eigenvalue weighted by molar-refractivity contribution is -0.120. The molecule has 1 fully saturated rings. The predicted octanol–water partition coefficient (Wildman–Crippen LogP) is 2.33. The highest BCUT2D eigenvalue weighted by molar-refractivity contribution is 8.00. The van der Waals surface area contributed by atoms with E-state index in [1.54, 1.807) is 18.2 Å². The second-order valence-corrected chi connectivity index (χ2v) is 7.04. The van der Waals surface area contributed by atoms with Crippen molar-refractivity contribution in [2.24, 2.45) is 0 Å². The number of thioether (sulfide) groups is 1. The van der Waals surface area contributed by atoms with E-state index in [1.807, 2.05) is 11.8 Å². The van der Waals surface area contributed by atoms with Crippen LogP contribution in [0.5, 0.6) is 0 Å². The van der Waals surface area contributed by atoms with E-state index >= 15 is 0 Å². The largest absolute Gasteiger partial charge is 0.478 e. The molecule has 1 aromatic rings. The first-order valence-corrected chi connectivity index (χ1v) is 7.70. The maximum atomic E-state index is 11.9. The topological polar surface area (TPSA) is 66.4 Å². The fraction of sp³-hybridized carbons (Fsp3) is 0.467. The molecule has 1 aromatic carbocycles. The standard InChI is InChI=1S/C15H19NO3S/c1-15(6-3-7-20-15)10-16-13(17)9-11-4-2-5-12(8-11)14(18)19/h2,4-5,8H,3,6-7,9-10H2,1H3,(H,16,17)(H,18,19).